The molecule has 0 fully saturated rings. The van der Waals surface area contributed by atoms with Crippen LogP contribution in [0, 0.1) is 0 Å². The molecule has 0 aliphatic heterocycles. The third-order valence-corrected chi connectivity index (χ3v) is 7.04. The fraction of sp³-hybridized carbons (Fsp3) is 0.455. The zero-order valence-electron chi connectivity index (χ0n) is 25.7. The number of aliphatic hydroxyl groups excluding tert-OH is 1. The normalized spacial score (nSPS) is 10.7. The average molecular weight is 583 g/mol. The summed E-state index contributed by atoms with van der Waals surface area (Å²) in [5.74, 6) is 1.15. The van der Waals surface area contributed by atoms with E-state index in [1.54, 1.807) is 41.3 Å². The first-order valence-corrected chi connectivity index (χ1v) is 14.4. The van der Waals surface area contributed by atoms with Crippen LogP contribution in [0.15, 0.2) is 49.6 Å². The van der Waals surface area contributed by atoms with Gasteiger partial charge < -0.3 is 33.9 Å². The van der Waals surface area contributed by atoms with E-state index in [1.807, 2.05) is 6.92 Å². The number of hydrogen-bond acceptors (Lipinski definition) is 8. The Morgan fingerprint density at radius 1 is 0.833 bits per heavy atom. The summed E-state index contributed by atoms with van der Waals surface area (Å²) in [6.07, 6.45) is 3.64. The predicted octanol–water partition coefficient (Wildman–Crippen LogP) is 4.33. The number of ketones is 1. The Hall–Kier alpha value is -3.82. The third-order valence-electron chi connectivity index (χ3n) is 7.04. The molecule has 2 rings (SSSR count). The predicted molar refractivity (Wildman–Crippen MR) is 165 cm³/mol. The van der Waals surface area contributed by atoms with Crippen molar-refractivity contribution < 1.29 is 33.6 Å². The molecule has 9 heteroatoms. The SMILES string of the molecule is C=CCOc1cc(OCC=C)c(C(=O)c2ccc(OC)c(OC)c2)c(CC(=O)N(CCO)CCN(CC)CC)c1CC. The van der Waals surface area contributed by atoms with E-state index < -0.39 is 0 Å². The molecule has 0 saturated heterocycles. The maximum absolute atomic E-state index is 14.3. The van der Waals surface area contributed by atoms with Crippen LogP contribution in [0.2, 0.25) is 0 Å². The van der Waals surface area contributed by atoms with Crippen LogP contribution >= 0.6 is 0 Å². The van der Waals surface area contributed by atoms with Crippen LogP contribution in [-0.4, -0.2) is 93.4 Å². The topological polar surface area (TPSA) is 97.8 Å². The molecule has 0 heterocycles. The van der Waals surface area contributed by atoms with Gasteiger partial charge >= 0.3 is 0 Å². The summed E-state index contributed by atoms with van der Waals surface area (Å²) >= 11 is 0. The molecular formula is C33H46N2O7. The van der Waals surface area contributed by atoms with E-state index in [4.69, 9.17) is 18.9 Å². The first-order valence-electron chi connectivity index (χ1n) is 14.4. The van der Waals surface area contributed by atoms with Crippen LogP contribution in [-0.2, 0) is 17.6 Å². The van der Waals surface area contributed by atoms with Gasteiger partial charge in [0.05, 0.1) is 32.8 Å². The average Bonchev–Trinajstić information content (AvgIpc) is 3.01. The van der Waals surface area contributed by atoms with Crippen molar-refractivity contribution in [1.29, 1.82) is 0 Å². The molecular weight excluding hydrogens is 536 g/mol. The monoisotopic (exact) mass is 582 g/mol. The molecule has 0 saturated carbocycles. The Bertz CT molecular complexity index is 1210. The number of rotatable bonds is 20. The number of carbonyl (C=O) groups is 2. The molecule has 0 unspecified atom stereocenters. The molecule has 0 bridgehead atoms. The first kappa shape index (κ1) is 34.4. The number of hydrogen-bond donors (Lipinski definition) is 1. The van der Waals surface area contributed by atoms with Gasteiger partial charge in [0.25, 0.3) is 0 Å². The Morgan fingerprint density at radius 3 is 2.02 bits per heavy atom. The van der Waals surface area contributed by atoms with Crippen LogP contribution in [0.25, 0.3) is 0 Å². The number of nitrogens with zero attached hydrogens (tertiary/aromatic N) is 2. The second-order valence-corrected chi connectivity index (χ2v) is 9.46. The van der Waals surface area contributed by atoms with E-state index >= 15 is 0 Å². The smallest absolute Gasteiger partial charge is 0.227 e. The molecule has 2 aromatic carbocycles. The van der Waals surface area contributed by atoms with Gasteiger partial charge in [0, 0.05) is 31.3 Å². The van der Waals surface area contributed by atoms with E-state index in [9.17, 15) is 14.7 Å². The summed E-state index contributed by atoms with van der Waals surface area (Å²) in [6, 6.07) is 6.63. The van der Waals surface area contributed by atoms with Crippen molar-refractivity contribution >= 4 is 11.7 Å². The van der Waals surface area contributed by atoms with Gasteiger partial charge in [-0.1, -0.05) is 46.1 Å². The lowest BCUT2D eigenvalue weighted by atomic mass is 9.89. The highest BCUT2D eigenvalue weighted by Crippen LogP contribution is 2.38. The molecule has 9 nitrogen and oxygen atoms in total. The van der Waals surface area contributed by atoms with E-state index in [-0.39, 0.29) is 55.8 Å². The van der Waals surface area contributed by atoms with E-state index in [0.717, 1.165) is 18.7 Å². The minimum Gasteiger partial charge on any atom is -0.493 e. The van der Waals surface area contributed by atoms with Gasteiger partial charge in [-0.15, -0.1) is 0 Å². The third kappa shape index (κ3) is 8.84. The summed E-state index contributed by atoms with van der Waals surface area (Å²) in [4.78, 5) is 31.9. The fourth-order valence-corrected chi connectivity index (χ4v) is 4.77. The van der Waals surface area contributed by atoms with Crippen molar-refractivity contribution in [3.05, 3.63) is 71.8 Å². The van der Waals surface area contributed by atoms with Gasteiger partial charge in [-0.25, -0.2) is 0 Å². The van der Waals surface area contributed by atoms with Crippen molar-refractivity contribution in [2.75, 3.05) is 66.8 Å². The molecule has 2 aromatic rings. The number of aliphatic hydroxyl groups is 1. The highest BCUT2D eigenvalue weighted by atomic mass is 16.5. The number of likely N-dealkylation sites (N-methyl/N-ethyl adjacent to an activating group) is 1. The molecule has 0 aliphatic rings. The minimum atomic E-state index is -0.334. The molecule has 1 N–H and O–H groups in total. The van der Waals surface area contributed by atoms with Crippen LogP contribution in [0.5, 0.6) is 23.0 Å². The molecule has 0 radical (unpaired) electrons. The Labute approximate surface area is 250 Å². The highest BCUT2D eigenvalue weighted by molar-refractivity contribution is 6.13. The Morgan fingerprint density at radius 2 is 1.48 bits per heavy atom. The van der Waals surface area contributed by atoms with Crippen molar-refractivity contribution in [1.82, 2.24) is 9.80 Å². The van der Waals surface area contributed by atoms with Crippen molar-refractivity contribution in [3.8, 4) is 23.0 Å². The summed E-state index contributed by atoms with van der Waals surface area (Å²) in [7, 11) is 3.03. The molecule has 0 aromatic heterocycles. The maximum atomic E-state index is 14.3. The van der Waals surface area contributed by atoms with E-state index in [0.29, 0.717) is 47.9 Å². The van der Waals surface area contributed by atoms with E-state index in [2.05, 4.69) is 31.9 Å². The number of ether oxygens (including phenoxy) is 4. The van der Waals surface area contributed by atoms with Crippen molar-refractivity contribution in [2.45, 2.75) is 33.6 Å². The second-order valence-electron chi connectivity index (χ2n) is 9.46. The molecule has 0 atom stereocenters. The Kier molecular flexibility index (Phi) is 14.6. The van der Waals surface area contributed by atoms with Gasteiger partial charge in [0.15, 0.2) is 17.3 Å². The molecule has 1 amide bonds. The lowest BCUT2D eigenvalue weighted by Crippen LogP contribution is -2.41. The van der Waals surface area contributed by atoms with Gasteiger partial charge in [-0.05, 0) is 48.8 Å². The number of carbonyl (C=O) groups excluding carboxylic acids is 2. The molecule has 0 spiro atoms. The lowest BCUT2D eigenvalue weighted by molar-refractivity contribution is -0.131. The van der Waals surface area contributed by atoms with Gasteiger partial charge in [-0.3, -0.25) is 9.59 Å². The minimum absolute atomic E-state index is 0.0779. The maximum Gasteiger partial charge on any atom is 0.227 e. The van der Waals surface area contributed by atoms with Gasteiger partial charge in [-0.2, -0.15) is 0 Å². The standard InChI is InChI=1S/C33H46N2O7/c1-8-19-41-28-23-30(42-20-9-2)32(33(38)24-13-14-27(39-6)29(21-24)40-7)26(25(28)10-3)22-31(37)35(17-18-36)16-15-34(11-4)12-5/h8-9,13-14,21,23,36H,1-2,10-12,15-20,22H2,3-7H3. The van der Waals surface area contributed by atoms with Crippen molar-refractivity contribution in [3.63, 3.8) is 0 Å². The second kappa shape index (κ2) is 17.9. The Balaban J connectivity index is 2.74. The number of methoxy groups -OCH3 is 2. The fourth-order valence-electron chi connectivity index (χ4n) is 4.77. The first-order chi connectivity index (χ1) is 20.3. The molecule has 0 aliphatic carbocycles. The number of benzene rings is 2. The van der Waals surface area contributed by atoms with Crippen LogP contribution in [0.1, 0.15) is 47.8 Å². The molecule has 230 valence electrons. The number of amides is 1. The zero-order valence-corrected chi connectivity index (χ0v) is 25.7. The quantitative estimate of drug-likeness (QED) is 0.182. The largest absolute Gasteiger partial charge is 0.493 e. The zero-order chi connectivity index (χ0) is 31.1. The lowest BCUT2D eigenvalue weighted by Gasteiger charge is -2.27. The summed E-state index contributed by atoms with van der Waals surface area (Å²) in [5, 5.41) is 9.76. The van der Waals surface area contributed by atoms with Crippen molar-refractivity contribution in [2.24, 2.45) is 0 Å². The van der Waals surface area contributed by atoms with Gasteiger partial charge in [0.1, 0.15) is 24.7 Å². The van der Waals surface area contributed by atoms with E-state index in [1.165, 1.54) is 14.2 Å². The highest BCUT2D eigenvalue weighted by Gasteiger charge is 2.28. The van der Waals surface area contributed by atoms with Gasteiger partial charge in [0.2, 0.25) is 5.91 Å². The molecule has 42 heavy (non-hydrogen) atoms. The van der Waals surface area contributed by atoms with Crippen LogP contribution in [0.3, 0.4) is 0 Å². The summed E-state index contributed by atoms with van der Waals surface area (Å²) in [6.45, 7) is 16.8. The summed E-state index contributed by atoms with van der Waals surface area (Å²) < 4.78 is 22.8. The summed E-state index contributed by atoms with van der Waals surface area (Å²) in [5.41, 5.74) is 1.87. The van der Waals surface area contributed by atoms with Crippen LogP contribution < -0.4 is 18.9 Å². The van der Waals surface area contributed by atoms with Crippen LogP contribution in [0.4, 0.5) is 0 Å².